The molecule has 0 aliphatic carbocycles. The number of ether oxygens (including phenoxy) is 18. The summed E-state index contributed by atoms with van der Waals surface area (Å²) < 4.78 is 93.8. The molecule has 0 unspecified atom stereocenters. The van der Waals surface area contributed by atoms with Crippen molar-refractivity contribution >= 4 is 0 Å². The van der Waals surface area contributed by atoms with Crippen LogP contribution in [0.3, 0.4) is 0 Å². The maximum absolute atomic E-state index is 6.77. The molecule has 0 aliphatic heterocycles. The molecule has 0 fully saturated rings. The van der Waals surface area contributed by atoms with Crippen molar-refractivity contribution in [3.8, 4) is 103 Å². The summed E-state index contributed by atoms with van der Waals surface area (Å²) in [4.78, 5) is 19.9. The van der Waals surface area contributed by atoms with Crippen LogP contribution in [-0.4, -0.2) is 167 Å². The molecule has 0 aromatic heterocycles. The molecule has 0 bridgehead atoms. The number of benzene rings is 6. The van der Waals surface area contributed by atoms with Gasteiger partial charge in [-0.15, -0.1) is 0 Å². The Labute approximate surface area is 586 Å². The third-order valence-electron chi connectivity index (χ3n) is 13.4. The SMILES string of the molecule is [C-]#[N+]CCc1cc(OC)c(OC)c(OC)c1.[C-]#[N+]CCc1cc(OC)c(OC)c(OC)c1.[C-]#[N+]CCc1cc(OC)c(OC)c(OC)c1.[C-]#[N+]CCc1cc(OC)c(OC)c(OC)c1.[C-]#[N+]CCc1cc(OC)c(OC)c(OC)c1.[C-]#[N+]CCc1cc(OC)c(OC)c(OC)c1.[Tc+6]. The molecule has 6 aromatic rings. The molecule has 0 heterocycles. The van der Waals surface area contributed by atoms with E-state index in [1.807, 2.05) is 72.8 Å². The molecule has 0 aliphatic rings. The minimum absolute atomic E-state index is 0. The predicted octanol–water partition coefficient (Wildman–Crippen LogP) is 13.0. The molecule has 0 saturated carbocycles. The first-order valence-electron chi connectivity index (χ1n) is 29.3. The van der Waals surface area contributed by atoms with Crippen molar-refractivity contribution in [2.24, 2.45) is 0 Å². The molecule has 517 valence electrons. The molecular weight excluding hydrogens is 1330 g/mol. The molecule has 25 heteroatoms. The van der Waals surface area contributed by atoms with Gasteiger partial charge in [0.25, 0.3) is 0 Å². The van der Waals surface area contributed by atoms with Crippen molar-refractivity contribution in [1.82, 2.24) is 0 Å². The molecule has 0 N–H and O–H groups in total. The maximum Gasteiger partial charge on any atom is 6.00 e. The number of hydrogen-bond donors (Lipinski definition) is 0. The van der Waals surface area contributed by atoms with E-state index in [0.29, 0.717) is 181 Å². The molecule has 0 amide bonds. The van der Waals surface area contributed by atoms with E-state index in [1.54, 1.807) is 128 Å². The van der Waals surface area contributed by atoms with Crippen molar-refractivity contribution in [2.45, 2.75) is 38.5 Å². The van der Waals surface area contributed by atoms with Gasteiger partial charge in [-0.3, -0.25) is 0 Å². The van der Waals surface area contributed by atoms with Gasteiger partial charge in [-0.1, -0.05) is 0 Å². The van der Waals surface area contributed by atoms with E-state index >= 15 is 0 Å². The first kappa shape index (κ1) is 86.3. The van der Waals surface area contributed by atoms with Gasteiger partial charge in [0.2, 0.25) is 73.8 Å². The van der Waals surface area contributed by atoms with Crippen molar-refractivity contribution in [1.29, 1.82) is 0 Å². The second-order valence-corrected chi connectivity index (χ2v) is 19.0. The van der Waals surface area contributed by atoms with Gasteiger partial charge in [0.05, 0.1) is 128 Å². The predicted molar refractivity (Wildman–Crippen MR) is 368 cm³/mol. The number of hydrogen-bond acceptors (Lipinski definition) is 18. The van der Waals surface area contributed by atoms with Crippen molar-refractivity contribution < 1.29 is 105 Å². The summed E-state index contributed by atoms with van der Waals surface area (Å²) >= 11 is 0. The number of nitrogens with zero attached hydrogens (tertiary/aromatic N) is 6. The van der Waals surface area contributed by atoms with Crippen LogP contribution in [0.4, 0.5) is 0 Å². The van der Waals surface area contributed by atoms with Crippen molar-refractivity contribution in [2.75, 3.05) is 167 Å². The van der Waals surface area contributed by atoms with Crippen LogP contribution < -0.4 is 85.3 Å². The van der Waals surface area contributed by atoms with Crippen LogP contribution in [0.5, 0.6) is 103 Å². The standard InChI is InChI=1S/6C12H15NO3.Tc/c6*1-13-6-5-9-7-10(14-2)12(16-4)11(8-9)15-3;/h6*7-8H,5-6H2,2-4H3;/q;;;;;;+6. The molecule has 0 spiro atoms. The molecular formula is C72H90N6O18Tc+6. The Hall–Kier alpha value is -10.7. The van der Waals surface area contributed by atoms with E-state index < -0.39 is 0 Å². The van der Waals surface area contributed by atoms with Gasteiger partial charge in [0.15, 0.2) is 69.0 Å². The molecule has 1 radical (unpaired) electrons. The van der Waals surface area contributed by atoms with Crippen molar-refractivity contribution in [3.05, 3.63) is 175 Å². The van der Waals surface area contributed by atoms with Crippen LogP contribution in [-0.2, 0) is 58.6 Å². The summed E-state index contributed by atoms with van der Waals surface area (Å²) in [5.74, 6) is 11.0. The van der Waals surface area contributed by atoms with Gasteiger partial charge in [0.1, 0.15) is 0 Å². The fraction of sp³-hybridized carbons (Fsp3) is 0.417. The average Bonchev–Trinajstić information content (AvgIpc) is 1.30. The number of rotatable bonds is 30. The van der Waals surface area contributed by atoms with E-state index in [2.05, 4.69) is 29.1 Å². The molecule has 0 atom stereocenters. The molecule has 6 aromatic carbocycles. The first-order valence-corrected chi connectivity index (χ1v) is 29.3. The summed E-state index contributed by atoms with van der Waals surface area (Å²) in [5.41, 5.74) is 6.03. The normalized spacial score (nSPS) is 9.28. The summed E-state index contributed by atoms with van der Waals surface area (Å²) in [5, 5.41) is 0. The Morgan fingerprint density at radius 3 is 0.340 bits per heavy atom. The van der Waals surface area contributed by atoms with Crippen molar-refractivity contribution in [3.63, 3.8) is 0 Å². The topological polar surface area (TPSA) is 192 Å². The maximum atomic E-state index is 6.77. The average molecular weight is 1430 g/mol. The fourth-order valence-corrected chi connectivity index (χ4v) is 8.79. The Morgan fingerprint density at radius 1 is 0.186 bits per heavy atom. The van der Waals surface area contributed by atoms with Gasteiger partial charge >= 0.3 is 20.1 Å². The minimum Gasteiger partial charge on any atom is -0.493 e. The zero-order valence-corrected chi connectivity index (χ0v) is 60.7. The minimum atomic E-state index is 0. The van der Waals surface area contributed by atoms with E-state index in [1.165, 1.54) is 0 Å². The first-order chi connectivity index (χ1) is 46.6. The third-order valence-corrected chi connectivity index (χ3v) is 13.4. The Morgan fingerprint density at radius 2 is 0.278 bits per heavy atom. The summed E-state index contributed by atoms with van der Waals surface area (Å²) in [6, 6.07) is 22.4. The van der Waals surface area contributed by atoms with E-state index in [-0.39, 0.29) is 20.1 Å². The quantitative estimate of drug-likeness (QED) is 0.0386. The van der Waals surface area contributed by atoms with Crippen LogP contribution in [0.1, 0.15) is 33.4 Å². The van der Waals surface area contributed by atoms with Gasteiger partial charge in [0, 0.05) is 38.5 Å². The van der Waals surface area contributed by atoms with Gasteiger partial charge < -0.3 is 114 Å². The number of methoxy groups -OCH3 is 18. The van der Waals surface area contributed by atoms with E-state index in [0.717, 1.165) is 33.4 Å². The van der Waals surface area contributed by atoms with Gasteiger partial charge in [-0.05, 0) is 106 Å². The zero-order valence-electron chi connectivity index (χ0n) is 58.8. The van der Waals surface area contributed by atoms with Crippen LogP contribution in [0.15, 0.2) is 72.8 Å². The van der Waals surface area contributed by atoms with E-state index in [4.69, 9.17) is 125 Å². The summed E-state index contributed by atoms with van der Waals surface area (Å²) in [7, 11) is 28.4. The summed E-state index contributed by atoms with van der Waals surface area (Å²) in [6.45, 7) is 43.3. The Bertz CT molecular complexity index is 2830. The van der Waals surface area contributed by atoms with Crippen LogP contribution in [0.2, 0.25) is 0 Å². The van der Waals surface area contributed by atoms with Crippen LogP contribution in [0, 0.1) is 39.4 Å². The second-order valence-electron chi connectivity index (χ2n) is 19.0. The fourth-order valence-electron chi connectivity index (χ4n) is 8.79. The van der Waals surface area contributed by atoms with Crippen LogP contribution in [0.25, 0.3) is 29.1 Å². The molecule has 97 heavy (non-hydrogen) atoms. The Kier molecular flexibility index (Phi) is 45.2. The smallest absolute Gasteiger partial charge is 0.493 e. The zero-order chi connectivity index (χ0) is 71.8. The largest absolute Gasteiger partial charge is 6.00 e. The molecule has 0 saturated heterocycles. The second kappa shape index (κ2) is 50.7. The molecule has 24 nitrogen and oxygen atoms in total. The third kappa shape index (κ3) is 28.0. The van der Waals surface area contributed by atoms with E-state index in [9.17, 15) is 0 Å². The molecule has 6 rings (SSSR count). The Balaban J connectivity index is 0.00000114. The van der Waals surface area contributed by atoms with Gasteiger partial charge in [-0.25, -0.2) is 39.4 Å². The monoisotopic (exact) mass is 1420 g/mol. The van der Waals surface area contributed by atoms with Gasteiger partial charge in [-0.2, -0.15) is 0 Å². The van der Waals surface area contributed by atoms with Crippen LogP contribution >= 0.6 is 0 Å². The summed E-state index contributed by atoms with van der Waals surface area (Å²) in [6.07, 6.45) is 4.08.